The molecule has 0 atom stereocenters. The smallest absolute Gasteiger partial charge is 0.219 e. The van der Waals surface area contributed by atoms with Gasteiger partial charge >= 0.3 is 0 Å². The minimum atomic E-state index is 0.156. The Morgan fingerprint density at radius 2 is 1.78 bits per heavy atom. The molecular weight excluding hydrogens is 290 g/mol. The van der Waals surface area contributed by atoms with Gasteiger partial charge in [0.2, 0.25) is 5.91 Å². The highest BCUT2D eigenvalue weighted by Gasteiger charge is 2.20. The van der Waals surface area contributed by atoms with Gasteiger partial charge in [-0.3, -0.25) is 4.79 Å². The largest absolute Gasteiger partial charge is 0.367 e. The Morgan fingerprint density at radius 1 is 1.09 bits per heavy atom. The first-order valence-electron chi connectivity index (χ1n) is 8.81. The summed E-state index contributed by atoms with van der Waals surface area (Å²) in [5, 5.41) is 3.59. The van der Waals surface area contributed by atoms with Gasteiger partial charge in [-0.15, -0.1) is 0 Å². The third-order valence-corrected chi connectivity index (χ3v) is 4.91. The number of anilines is 2. The maximum Gasteiger partial charge on any atom is 0.219 e. The van der Waals surface area contributed by atoms with E-state index in [4.69, 9.17) is 0 Å². The number of nitrogens with one attached hydrogen (secondary N) is 1. The molecule has 1 amide bonds. The van der Waals surface area contributed by atoms with E-state index in [9.17, 15) is 4.79 Å². The quantitative estimate of drug-likeness (QED) is 0.867. The molecule has 0 bridgehead atoms. The van der Waals surface area contributed by atoms with Crippen molar-refractivity contribution in [3.05, 3.63) is 12.4 Å². The molecule has 1 saturated carbocycles. The summed E-state index contributed by atoms with van der Waals surface area (Å²) in [6, 6.07) is 2.59. The fraction of sp³-hybridized carbons (Fsp3) is 0.706. The Kier molecular flexibility index (Phi) is 5.31. The molecule has 2 fully saturated rings. The lowest BCUT2D eigenvalue weighted by Gasteiger charge is -2.35. The number of carbonyl (C=O) groups is 1. The monoisotopic (exact) mass is 317 g/mol. The van der Waals surface area contributed by atoms with E-state index in [1.54, 1.807) is 13.3 Å². The minimum absolute atomic E-state index is 0.156. The molecule has 1 aliphatic carbocycles. The maximum absolute atomic E-state index is 11.4. The van der Waals surface area contributed by atoms with Gasteiger partial charge in [0.15, 0.2) is 0 Å². The second kappa shape index (κ2) is 7.62. The lowest BCUT2D eigenvalue weighted by molar-refractivity contribution is -0.129. The fourth-order valence-corrected chi connectivity index (χ4v) is 3.48. The van der Waals surface area contributed by atoms with E-state index in [1.807, 2.05) is 11.0 Å². The van der Waals surface area contributed by atoms with Gasteiger partial charge in [-0.1, -0.05) is 25.7 Å². The number of aromatic nitrogens is 2. The molecule has 1 aromatic rings. The van der Waals surface area contributed by atoms with Gasteiger partial charge in [-0.05, 0) is 12.8 Å². The second-order valence-corrected chi connectivity index (χ2v) is 6.59. The van der Waals surface area contributed by atoms with Crippen molar-refractivity contribution in [2.24, 2.45) is 0 Å². The minimum Gasteiger partial charge on any atom is -0.367 e. The lowest BCUT2D eigenvalue weighted by atomic mass is 10.1. The summed E-state index contributed by atoms with van der Waals surface area (Å²) in [5.74, 6) is 2.04. The van der Waals surface area contributed by atoms with E-state index in [1.165, 1.54) is 38.5 Å². The Balaban J connectivity index is 1.60. The second-order valence-electron chi connectivity index (χ2n) is 6.59. The van der Waals surface area contributed by atoms with Gasteiger partial charge in [0.1, 0.15) is 18.0 Å². The van der Waals surface area contributed by atoms with E-state index < -0.39 is 0 Å². The van der Waals surface area contributed by atoms with Crippen LogP contribution < -0.4 is 10.2 Å². The average molecular weight is 317 g/mol. The molecule has 1 aromatic heterocycles. The molecule has 0 radical (unpaired) electrons. The molecule has 0 spiro atoms. The van der Waals surface area contributed by atoms with E-state index in [2.05, 4.69) is 20.2 Å². The molecule has 126 valence electrons. The summed E-state index contributed by atoms with van der Waals surface area (Å²) in [6.45, 7) is 4.84. The maximum atomic E-state index is 11.4. The van der Waals surface area contributed by atoms with Crippen molar-refractivity contribution in [3.8, 4) is 0 Å². The van der Waals surface area contributed by atoms with Gasteiger partial charge in [0.25, 0.3) is 0 Å². The van der Waals surface area contributed by atoms with Gasteiger partial charge in [-0.25, -0.2) is 9.97 Å². The molecule has 0 unspecified atom stereocenters. The van der Waals surface area contributed by atoms with Crippen molar-refractivity contribution < 1.29 is 4.79 Å². The number of carbonyl (C=O) groups excluding carboxylic acids is 1. The van der Waals surface area contributed by atoms with E-state index in [0.29, 0.717) is 6.04 Å². The molecule has 1 aliphatic heterocycles. The van der Waals surface area contributed by atoms with Crippen LogP contribution in [0.2, 0.25) is 0 Å². The van der Waals surface area contributed by atoms with Crippen molar-refractivity contribution in [1.29, 1.82) is 0 Å². The van der Waals surface area contributed by atoms with Crippen LogP contribution in [-0.4, -0.2) is 53.0 Å². The molecule has 1 N–H and O–H groups in total. The molecular formula is C17H27N5O. The average Bonchev–Trinajstić information content (AvgIpc) is 2.84. The first kappa shape index (κ1) is 16.0. The number of rotatable bonds is 3. The zero-order valence-electron chi connectivity index (χ0n) is 14.0. The van der Waals surface area contributed by atoms with Gasteiger partial charge in [0, 0.05) is 45.2 Å². The molecule has 0 aromatic carbocycles. The molecule has 3 rings (SSSR count). The van der Waals surface area contributed by atoms with Crippen molar-refractivity contribution >= 4 is 17.5 Å². The van der Waals surface area contributed by atoms with E-state index >= 15 is 0 Å². The number of hydrogen-bond donors (Lipinski definition) is 1. The summed E-state index contributed by atoms with van der Waals surface area (Å²) < 4.78 is 0. The van der Waals surface area contributed by atoms with Crippen LogP contribution in [0.25, 0.3) is 0 Å². The van der Waals surface area contributed by atoms with Crippen LogP contribution in [0.3, 0.4) is 0 Å². The Bertz CT molecular complexity index is 519. The summed E-state index contributed by atoms with van der Waals surface area (Å²) in [5.41, 5.74) is 0. The third kappa shape index (κ3) is 4.33. The summed E-state index contributed by atoms with van der Waals surface area (Å²) in [6.07, 6.45) is 9.44. The first-order valence-corrected chi connectivity index (χ1v) is 8.81. The number of nitrogens with zero attached hydrogens (tertiary/aromatic N) is 4. The molecule has 23 heavy (non-hydrogen) atoms. The van der Waals surface area contributed by atoms with Crippen molar-refractivity contribution in [2.75, 3.05) is 36.4 Å². The van der Waals surface area contributed by atoms with E-state index in [0.717, 1.165) is 37.8 Å². The van der Waals surface area contributed by atoms with Gasteiger partial charge < -0.3 is 15.1 Å². The highest BCUT2D eigenvalue weighted by Crippen LogP contribution is 2.22. The first-order chi connectivity index (χ1) is 11.2. The molecule has 2 aliphatic rings. The van der Waals surface area contributed by atoms with Crippen LogP contribution >= 0.6 is 0 Å². The molecule has 1 saturated heterocycles. The highest BCUT2D eigenvalue weighted by atomic mass is 16.2. The predicted octanol–water partition coefficient (Wildman–Crippen LogP) is 2.28. The summed E-state index contributed by atoms with van der Waals surface area (Å²) in [7, 11) is 0. The molecule has 6 nitrogen and oxygen atoms in total. The molecule has 6 heteroatoms. The Morgan fingerprint density at radius 3 is 2.43 bits per heavy atom. The van der Waals surface area contributed by atoms with Crippen molar-refractivity contribution in [3.63, 3.8) is 0 Å². The number of amides is 1. The zero-order valence-corrected chi connectivity index (χ0v) is 14.0. The van der Waals surface area contributed by atoms with Crippen molar-refractivity contribution in [2.45, 2.75) is 51.5 Å². The molecule has 2 heterocycles. The van der Waals surface area contributed by atoms with Crippen LogP contribution in [-0.2, 0) is 4.79 Å². The third-order valence-electron chi connectivity index (χ3n) is 4.91. The standard InChI is InChI=1S/C17H27N5O/c1-14(23)21-8-10-22(11-9-21)17-12-16(18-13-19-17)20-15-6-4-2-3-5-7-15/h12-13,15H,2-11H2,1H3,(H,18,19,20). The number of piperazine rings is 1. The van der Waals surface area contributed by atoms with Crippen LogP contribution in [0.1, 0.15) is 45.4 Å². The van der Waals surface area contributed by atoms with E-state index in [-0.39, 0.29) is 5.91 Å². The zero-order chi connectivity index (χ0) is 16.1. The fourth-order valence-electron chi connectivity index (χ4n) is 3.48. The van der Waals surface area contributed by atoms with Crippen LogP contribution in [0.4, 0.5) is 11.6 Å². The SMILES string of the molecule is CC(=O)N1CCN(c2cc(NC3CCCCCC3)ncn2)CC1. The normalized spacial score (nSPS) is 20.2. The van der Waals surface area contributed by atoms with Gasteiger partial charge in [-0.2, -0.15) is 0 Å². The summed E-state index contributed by atoms with van der Waals surface area (Å²) >= 11 is 0. The number of hydrogen-bond acceptors (Lipinski definition) is 5. The highest BCUT2D eigenvalue weighted by molar-refractivity contribution is 5.73. The Hall–Kier alpha value is -1.85. The predicted molar refractivity (Wildman–Crippen MR) is 91.6 cm³/mol. The van der Waals surface area contributed by atoms with Crippen LogP contribution in [0.5, 0.6) is 0 Å². The topological polar surface area (TPSA) is 61.4 Å². The van der Waals surface area contributed by atoms with Crippen LogP contribution in [0.15, 0.2) is 12.4 Å². The van der Waals surface area contributed by atoms with Crippen LogP contribution in [0, 0.1) is 0 Å². The summed E-state index contributed by atoms with van der Waals surface area (Å²) in [4.78, 5) is 24.3. The van der Waals surface area contributed by atoms with Crippen molar-refractivity contribution in [1.82, 2.24) is 14.9 Å². The lowest BCUT2D eigenvalue weighted by Crippen LogP contribution is -2.48. The van der Waals surface area contributed by atoms with Gasteiger partial charge in [0.05, 0.1) is 0 Å². The Labute approximate surface area is 138 Å².